The summed E-state index contributed by atoms with van der Waals surface area (Å²) in [4.78, 5) is 51.9. The monoisotopic (exact) mass is 518 g/mol. The van der Waals surface area contributed by atoms with Crippen LogP contribution in [-0.4, -0.2) is 43.9 Å². The van der Waals surface area contributed by atoms with Crippen molar-refractivity contribution in [1.29, 1.82) is 0 Å². The van der Waals surface area contributed by atoms with E-state index < -0.39 is 42.0 Å². The topological polar surface area (TPSA) is 159 Å². The van der Waals surface area contributed by atoms with Gasteiger partial charge in [0.05, 0.1) is 12.1 Å². The summed E-state index contributed by atoms with van der Waals surface area (Å²) < 4.78 is 5.65. The van der Waals surface area contributed by atoms with Gasteiger partial charge in [0.2, 0.25) is 5.89 Å². The van der Waals surface area contributed by atoms with Crippen molar-refractivity contribution < 1.29 is 23.9 Å². The first-order valence-corrected chi connectivity index (χ1v) is 12.8. The largest absolute Gasteiger partial charge is 0.443 e. The second kappa shape index (κ2) is 9.84. The molecule has 35 heavy (non-hydrogen) atoms. The van der Waals surface area contributed by atoms with Gasteiger partial charge in [-0.25, -0.2) is 15.0 Å². The van der Waals surface area contributed by atoms with Crippen LogP contribution in [0.4, 0.5) is 0 Å². The van der Waals surface area contributed by atoms with E-state index in [4.69, 9.17) is 4.42 Å². The molecule has 186 valence electrons. The number of oxazole rings is 1. The van der Waals surface area contributed by atoms with Crippen LogP contribution in [0.1, 0.15) is 99.0 Å². The zero-order chi connectivity index (χ0) is 25.4. The second-order valence-corrected chi connectivity index (χ2v) is 10.5. The van der Waals surface area contributed by atoms with Gasteiger partial charge in [-0.2, -0.15) is 0 Å². The fraction of sp³-hybridized carbons (Fsp3) is 0.455. The number of fused-ring (bicyclic) bond motifs is 6. The van der Waals surface area contributed by atoms with Crippen molar-refractivity contribution in [2.75, 3.05) is 0 Å². The number of nitrogens with one attached hydrogen (secondary N) is 3. The lowest BCUT2D eigenvalue weighted by molar-refractivity contribution is 0.0851. The number of amides is 3. The molecular formula is C22H26N6O5S2. The zero-order valence-electron chi connectivity index (χ0n) is 19.8. The van der Waals surface area contributed by atoms with Crippen LogP contribution in [0, 0.1) is 12.8 Å². The van der Waals surface area contributed by atoms with Crippen LogP contribution in [0.2, 0.25) is 0 Å². The van der Waals surface area contributed by atoms with Gasteiger partial charge >= 0.3 is 0 Å². The summed E-state index contributed by atoms with van der Waals surface area (Å²) in [5, 5.41) is 22.9. The number of aromatic nitrogens is 3. The van der Waals surface area contributed by atoms with E-state index in [1.807, 2.05) is 13.8 Å². The number of thiazole rings is 2. The molecule has 4 rings (SSSR count). The minimum atomic E-state index is -0.992. The first-order chi connectivity index (χ1) is 16.5. The molecule has 11 nitrogen and oxygen atoms in total. The van der Waals surface area contributed by atoms with Crippen molar-refractivity contribution in [2.24, 2.45) is 5.92 Å². The lowest BCUT2D eigenvalue weighted by Crippen LogP contribution is -2.36. The minimum Gasteiger partial charge on any atom is -0.443 e. The highest BCUT2D eigenvalue weighted by Crippen LogP contribution is 2.28. The van der Waals surface area contributed by atoms with Gasteiger partial charge in [-0.05, 0) is 26.7 Å². The molecule has 0 aliphatic carbocycles. The Hall–Kier alpha value is -3.16. The molecule has 4 heterocycles. The fourth-order valence-corrected chi connectivity index (χ4v) is 5.51. The highest BCUT2D eigenvalue weighted by molar-refractivity contribution is 7.10. The van der Waals surface area contributed by atoms with Crippen LogP contribution in [0.25, 0.3) is 0 Å². The quantitative estimate of drug-likeness (QED) is 0.403. The van der Waals surface area contributed by atoms with Crippen molar-refractivity contribution in [1.82, 2.24) is 30.9 Å². The summed E-state index contributed by atoms with van der Waals surface area (Å²) in [7, 11) is 0. The predicted octanol–water partition coefficient (Wildman–Crippen LogP) is 2.68. The highest BCUT2D eigenvalue weighted by Gasteiger charge is 2.30. The highest BCUT2D eigenvalue weighted by atomic mass is 32.1. The van der Waals surface area contributed by atoms with Gasteiger partial charge in [-0.15, -0.1) is 22.7 Å². The van der Waals surface area contributed by atoms with Gasteiger partial charge in [0, 0.05) is 10.8 Å². The molecule has 1 aliphatic heterocycles. The number of rotatable bonds is 2. The van der Waals surface area contributed by atoms with E-state index >= 15 is 0 Å². The van der Waals surface area contributed by atoms with Crippen LogP contribution in [-0.2, 0) is 0 Å². The predicted molar refractivity (Wildman–Crippen MR) is 128 cm³/mol. The van der Waals surface area contributed by atoms with Crippen molar-refractivity contribution in [3.63, 3.8) is 0 Å². The molecule has 0 saturated carbocycles. The molecule has 3 aromatic rings. The van der Waals surface area contributed by atoms with Crippen molar-refractivity contribution in [2.45, 2.75) is 58.8 Å². The summed E-state index contributed by atoms with van der Waals surface area (Å²) in [6.45, 7) is 8.67. The molecule has 6 bridgehead atoms. The third kappa shape index (κ3) is 5.11. The van der Waals surface area contributed by atoms with E-state index in [0.717, 1.165) is 11.3 Å². The maximum Gasteiger partial charge on any atom is 0.274 e. The Labute approximate surface area is 209 Å². The third-order valence-corrected chi connectivity index (χ3v) is 7.37. The first kappa shape index (κ1) is 24.9. The Bertz CT molecular complexity index is 1260. The molecule has 0 spiro atoms. The minimum absolute atomic E-state index is 0.0122. The number of hydrogen-bond donors (Lipinski definition) is 4. The Morgan fingerprint density at radius 1 is 0.886 bits per heavy atom. The normalized spacial score (nSPS) is 22.1. The fourth-order valence-electron chi connectivity index (χ4n) is 3.54. The zero-order valence-corrected chi connectivity index (χ0v) is 21.4. The Kier molecular flexibility index (Phi) is 7.01. The number of hydrogen-bond acceptors (Lipinski definition) is 10. The molecule has 0 aromatic carbocycles. The Morgan fingerprint density at radius 3 is 2.00 bits per heavy atom. The summed E-state index contributed by atoms with van der Waals surface area (Å²) in [6.07, 6.45) is -0.992. The van der Waals surface area contributed by atoms with E-state index in [2.05, 4.69) is 30.9 Å². The third-order valence-electron chi connectivity index (χ3n) is 5.51. The molecular weight excluding hydrogens is 492 g/mol. The van der Waals surface area contributed by atoms with Crippen molar-refractivity contribution in [3.05, 3.63) is 49.5 Å². The van der Waals surface area contributed by atoms with E-state index in [-0.39, 0.29) is 34.7 Å². The smallest absolute Gasteiger partial charge is 0.274 e. The average molecular weight is 519 g/mol. The van der Waals surface area contributed by atoms with Crippen LogP contribution < -0.4 is 16.0 Å². The van der Waals surface area contributed by atoms with Crippen LogP contribution in [0.15, 0.2) is 15.2 Å². The van der Waals surface area contributed by atoms with Crippen LogP contribution in [0.5, 0.6) is 0 Å². The molecule has 13 heteroatoms. The van der Waals surface area contributed by atoms with Gasteiger partial charge in [-0.3, -0.25) is 14.4 Å². The van der Waals surface area contributed by atoms with Crippen LogP contribution >= 0.6 is 22.7 Å². The van der Waals surface area contributed by atoms with E-state index in [0.29, 0.717) is 10.0 Å². The molecule has 4 atom stereocenters. The van der Waals surface area contributed by atoms with E-state index in [9.17, 15) is 19.5 Å². The first-order valence-electron chi connectivity index (χ1n) is 11.0. The van der Waals surface area contributed by atoms with E-state index in [1.165, 1.54) is 18.3 Å². The molecule has 3 amide bonds. The van der Waals surface area contributed by atoms with Gasteiger partial charge in [0.25, 0.3) is 17.7 Å². The molecule has 0 radical (unpaired) electrons. The van der Waals surface area contributed by atoms with Crippen molar-refractivity contribution >= 4 is 40.4 Å². The number of nitrogens with zero attached hydrogens (tertiary/aromatic N) is 3. The Morgan fingerprint density at radius 2 is 1.43 bits per heavy atom. The molecule has 1 aliphatic rings. The SMILES string of the molecule is Cc1oc2nc1C(=O)N[C@H]([C@H](C)O)c1nc(cs1)C(=O)N[C@H](C(C)C)c1nc(cs1)C(=O)N[C@@H]2C. The average Bonchev–Trinajstić information content (AvgIpc) is 3.54. The number of aliphatic hydroxyl groups excluding tert-OH is 1. The van der Waals surface area contributed by atoms with Crippen molar-refractivity contribution in [3.8, 4) is 0 Å². The van der Waals surface area contributed by atoms with Gasteiger partial charge in [-0.1, -0.05) is 13.8 Å². The maximum absolute atomic E-state index is 13.0. The number of aliphatic hydroxyl groups is 1. The molecule has 3 aromatic heterocycles. The molecule has 0 unspecified atom stereocenters. The molecule has 0 fully saturated rings. The summed E-state index contributed by atoms with van der Waals surface area (Å²) in [5.41, 5.74) is 0.382. The van der Waals surface area contributed by atoms with Gasteiger partial charge < -0.3 is 25.5 Å². The maximum atomic E-state index is 13.0. The van der Waals surface area contributed by atoms with Gasteiger partial charge in [0.15, 0.2) is 5.69 Å². The van der Waals surface area contributed by atoms with Gasteiger partial charge in [0.1, 0.15) is 39.2 Å². The molecule has 0 saturated heterocycles. The Balaban J connectivity index is 1.77. The lowest BCUT2D eigenvalue weighted by atomic mass is 10.1. The van der Waals surface area contributed by atoms with Crippen LogP contribution in [0.3, 0.4) is 0 Å². The number of carbonyl (C=O) groups is 3. The lowest BCUT2D eigenvalue weighted by Gasteiger charge is -2.20. The summed E-state index contributed by atoms with van der Waals surface area (Å²) in [5.74, 6) is -1.02. The molecule has 4 N–H and O–H groups in total. The number of aryl methyl sites for hydroxylation is 1. The summed E-state index contributed by atoms with van der Waals surface area (Å²) >= 11 is 2.43. The van der Waals surface area contributed by atoms with E-state index in [1.54, 1.807) is 24.6 Å². The standard InChI is InChI=1S/C22H26N6O5S2/c1-8(2)14-21-24-12(6-34-21)17(30)23-9(3)20-28-16(11(5)33-20)19(32)27-15(10(4)29)22-25-13(7-35-22)18(31)26-14/h6-10,14-15,29H,1-5H3,(H,23,30)(H,26,31)(H,27,32)/t9-,10+,14-,15-/m1/s1. The summed E-state index contributed by atoms with van der Waals surface area (Å²) in [6, 6.07) is -1.95. The number of carbonyl (C=O) groups excluding carboxylic acids is 3. The second-order valence-electron chi connectivity index (χ2n) is 8.68.